The zero-order chi connectivity index (χ0) is 32.0. The van der Waals surface area contributed by atoms with E-state index < -0.39 is 11.0 Å². The fourth-order valence-electron chi connectivity index (χ4n) is 6.70. The van der Waals surface area contributed by atoms with Gasteiger partial charge in [0.15, 0.2) is 11.5 Å². The Kier molecular flexibility index (Phi) is 11.3. The van der Waals surface area contributed by atoms with Gasteiger partial charge < -0.3 is 19.4 Å². The largest absolute Gasteiger partial charge is 0.496 e. The minimum atomic E-state index is -0.652. The van der Waals surface area contributed by atoms with Crippen LogP contribution in [0.5, 0.6) is 17.2 Å². The van der Waals surface area contributed by atoms with E-state index in [2.05, 4.69) is 83.7 Å². The molecule has 2 aromatic rings. The van der Waals surface area contributed by atoms with Crippen molar-refractivity contribution >= 4 is 0 Å². The van der Waals surface area contributed by atoms with E-state index in [1.165, 1.54) is 16.2 Å². The summed E-state index contributed by atoms with van der Waals surface area (Å²) in [4.78, 5) is 2.51. The van der Waals surface area contributed by atoms with E-state index in [0.29, 0.717) is 11.5 Å². The van der Waals surface area contributed by atoms with Gasteiger partial charge >= 0.3 is 0 Å². The topological polar surface area (TPSA) is 78.2 Å². The third-order valence-electron chi connectivity index (χ3n) is 9.08. The molecular weight excluding hydrogens is 538 g/mol. The first-order valence-electron chi connectivity index (χ1n) is 15.4. The quantitative estimate of drug-likeness (QED) is 0.230. The van der Waals surface area contributed by atoms with Gasteiger partial charge in [-0.3, -0.25) is 4.90 Å². The second-order valence-electron chi connectivity index (χ2n) is 13.5. The normalized spacial score (nSPS) is 17.7. The van der Waals surface area contributed by atoms with Crippen molar-refractivity contribution in [1.29, 1.82) is 5.26 Å². The van der Waals surface area contributed by atoms with Crippen LogP contribution in [-0.2, 0) is 11.8 Å². The minimum Gasteiger partial charge on any atom is -0.496 e. The molecule has 2 aromatic carbocycles. The van der Waals surface area contributed by atoms with Crippen molar-refractivity contribution in [3.05, 3.63) is 64.7 Å². The van der Waals surface area contributed by atoms with Crippen molar-refractivity contribution in [2.75, 3.05) is 41.0 Å². The number of nitriles is 1. The van der Waals surface area contributed by atoms with E-state index in [1.54, 1.807) is 21.3 Å². The predicted octanol–water partition coefficient (Wildman–Crippen LogP) is 7.34. The van der Waals surface area contributed by atoms with E-state index in [9.17, 15) is 10.5 Å². The molecule has 0 aromatic heterocycles. The van der Waals surface area contributed by atoms with Crippen LogP contribution in [0.3, 0.4) is 0 Å². The summed E-state index contributed by atoms with van der Waals surface area (Å²) in [5.74, 6) is 2.33. The molecule has 1 aliphatic heterocycles. The molecule has 0 saturated heterocycles. The molecule has 0 aliphatic carbocycles. The standard InChI is InChI=1S/C36H53N3O4/c1-26(2)36(25-37,30-14-15-31(41-8)33(21-30)43-10)17-11-18-38(19-16-28-13-12-27(3)32(20-28)42-9)24-29-22-34(4,5)39(40)35(6,7)23-29/h12-15,20-22,26,40H,11,16-19,23-24H2,1-10H3. The van der Waals surface area contributed by atoms with Gasteiger partial charge in [-0.25, -0.2) is 0 Å². The van der Waals surface area contributed by atoms with Crippen LogP contribution in [0.1, 0.15) is 77.5 Å². The van der Waals surface area contributed by atoms with Crippen molar-refractivity contribution in [1.82, 2.24) is 9.96 Å². The fraction of sp³-hybridized carbons (Fsp3) is 0.583. The lowest BCUT2D eigenvalue weighted by molar-refractivity contribution is -0.214. The van der Waals surface area contributed by atoms with Gasteiger partial charge in [0.1, 0.15) is 5.75 Å². The Bertz CT molecular complexity index is 1310. The number of hydroxylamine groups is 2. The molecule has 0 fully saturated rings. The van der Waals surface area contributed by atoms with Crippen molar-refractivity contribution in [2.24, 2.45) is 5.92 Å². The number of hydrogen-bond donors (Lipinski definition) is 1. The lowest BCUT2D eigenvalue weighted by Gasteiger charge is -2.47. The van der Waals surface area contributed by atoms with Crippen LogP contribution in [0, 0.1) is 24.2 Å². The smallest absolute Gasteiger partial charge is 0.161 e. The molecule has 0 spiro atoms. The highest BCUT2D eigenvalue weighted by atomic mass is 16.5. The summed E-state index contributed by atoms with van der Waals surface area (Å²) in [6, 6.07) is 15.0. The molecule has 0 saturated carbocycles. The number of ether oxygens (including phenoxy) is 3. The molecule has 1 atom stereocenters. The zero-order valence-electron chi connectivity index (χ0n) is 28.1. The highest BCUT2D eigenvalue weighted by molar-refractivity contribution is 5.47. The summed E-state index contributed by atoms with van der Waals surface area (Å²) in [6.07, 6.45) is 5.50. The van der Waals surface area contributed by atoms with Gasteiger partial charge in [0.05, 0.1) is 38.4 Å². The van der Waals surface area contributed by atoms with E-state index in [1.807, 2.05) is 18.2 Å². The Morgan fingerprint density at radius 3 is 2.23 bits per heavy atom. The summed E-state index contributed by atoms with van der Waals surface area (Å²) in [7, 11) is 4.97. The van der Waals surface area contributed by atoms with Gasteiger partial charge in [-0.2, -0.15) is 10.3 Å². The van der Waals surface area contributed by atoms with Crippen molar-refractivity contribution in [3.63, 3.8) is 0 Å². The van der Waals surface area contributed by atoms with Crippen LogP contribution < -0.4 is 14.2 Å². The second-order valence-corrected chi connectivity index (χ2v) is 13.5. The van der Waals surface area contributed by atoms with Crippen LogP contribution >= 0.6 is 0 Å². The summed E-state index contributed by atoms with van der Waals surface area (Å²) in [6.45, 7) is 17.2. The maximum absolute atomic E-state index is 10.8. The average Bonchev–Trinajstić information content (AvgIpc) is 2.96. The minimum absolute atomic E-state index is 0.113. The second kappa shape index (κ2) is 14.2. The summed E-state index contributed by atoms with van der Waals surface area (Å²) < 4.78 is 16.6. The molecule has 7 heteroatoms. The van der Waals surface area contributed by atoms with Crippen molar-refractivity contribution in [2.45, 2.75) is 90.6 Å². The van der Waals surface area contributed by atoms with Crippen molar-refractivity contribution in [3.8, 4) is 23.3 Å². The highest BCUT2D eigenvalue weighted by Crippen LogP contribution is 2.41. The number of rotatable bonds is 14. The summed E-state index contributed by atoms with van der Waals surface area (Å²) >= 11 is 0. The number of methoxy groups -OCH3 is 3. The van der Waals surface area contributed by atoms with E-state index in [-0.39, 0.29) is 11.5 Å². The average molecular weight is 592 g/mol. The number of nitrogens with zero attached hydrogens (tertiary/aromatic N) is 3. The molecule has 0 bridgehead atoms. The van der Waals surface area contributed by atoms with Crippen LogP contribution in [0.25, 0.3) is 0 Å². The monoisotopic (exact) mass is 591 g/mol. The first-order chi connectivity index (χ1) is 20.2. The maximum Gasteiger partial charge on any atom is 0.161 e. The molecule has 7 nitrogen and oxygen atoms in total. The van der Waals surface area contributed by atoms with E-state index in [4.69, 9.17) is 14.2 Å². The lowest BCUT2D eigenvalue weighted by atomic mass is 9.69. The van der Waals surface area contributed by atoms with Crippen LogP contribution in [0.15, 0.2) is 48.0 Å². The highest BCUT2D eigenvalue weighted by Gasteiger charge is 2.41. The van der Waals surface area contributed by atoms with Crippen LogP contribution in [-0.4, -0.2) is 67.2 Å². The van der Waals surface area contributed by atoms with Gasteiger partial charge in [-0.1, -0.05) is 43.7 Å². The fourth-order valence-corrected chi connectivity index (χ4v) is 6.70. The Hall–Kier alpha value is -3.05. The van der Waals surface area contributed by atoms with Gasteiger partial charge in [0.2, 0.25) is 0 Å². The molecular formula is C36H53N3O4. The lowest BCUT2D eigenvalue weighted by Crippen LogP contribution is -2.56. The van der Waals surface area contributed by atoms with E-state index in [0.717, 1.165) is 62.2 Å². The molecule has 1 N–H and O–H groups in total. The van der Waals surface area contributed by atoms with Crippen LogP contribution in [0.4, 0.5) is 0 Å². The number of aryl methyl sites for hydroxylation is 1. The van der Waals surface area contributed by atoms with E-state index >= 15 is 0 Å². The first-order valence-corrected chi connectivity index (χ1v) is 15.4. The molecule has 43 heavy (non-hydrogen) atoms. The Labute approximate surface area is 260 Å². The van der Waals surface area contributed by atoms with Gasteiger partial charge in [0.25, 0.3) is 0 Å². The van der Waals surface area contributed by atoms with Gasteiger partial charge in [0, 0.05) is 18.6 Å². The summed E-state index contributed by atoms with van der Waals surface area (Å²) in [5, 5.41) is 22.9. The Morgan fingerprint density at radius 2 is 1.65 bits per heavy atom. The summed E-state index contributed by atoms with van der Waals surface area (Å²) in [5.41, 5.74) is 3.20. The Morgan fingerprint density at radius 1 is 0.977 bits per heavy atom. The van der Waals surface area contributed by atoms with Crippen molar-refractivity contribution < 1.29 is 19.4 Å². The number of hydrogen-bond acceptors (Lipinski definition) is 7. The molecule has 236 valence electrons. The van der Waals surface area contributed by atoms with Crippen LogP contribution in [0.2, 0.25) is 0 Å². The molecule has 1 aliphatic rings. The predicted molar refractivity (Wildman–Crippen MR) is 173 cm³/mol. The molecule has 3 rings (SSSR count). The third kappa shape index (κ3) is 7.92. The molecule has 1 heterocycles. The first kappa shape index (κ1) is 34.4. The van der Waals surface area contributed by atoms with Gasteiger partial charge in [-0.05, 0) is 108 Å². The molecule has 1 unspecified atom stereocenters. The zero-order valence-corrected chi connectivity index (χ0v) is 28.1. The van der Waals surface area contributed by atoms with Gasteiger partial charge in [-0.15, -0.1) is 0 Å². The molecule has 0 amide bonds. The maximum atomic E-state index is 10.8. The molecule has 0 radical (unpaired) electrons. The Balaban J connectivity index is 1.86. The number of benzene rings is 2. The third-order valence-corrected chi connectivity index (χ3v) is 9.08. The SMILES string of the molecule is COc1cc(CCN(CCCC(C#N)(c2ccc(OC)c(OC)c2)C(C)C)CC2=CC(C)(C)N(O)C(C)(C)C2)ccc1C.